The second kappa shape index (κ2) is 11.8. The first kappa shape index (κ1) is 27.3. The molecule has 1 N–H and O–H groups in total. The summed E-state index contributed by atoms with van der Waals surface area (Å²) in [5.41, 5.74) is 4.09. The zero-order valence-electron chi connectivity index (χ0n) is 23.3. The molecule has 0 aromatic heterocycles. The fourth-order valence-corrected chi connectivity index (χ4v) is 5.07. The Morgan fingerprint density at radius 1 is 0.816 bits per heavy atom. The number of rotatable bonds is 11. The third kappa shape index (κ3) is 5.15. The number of ether oxygens (including phenoxy) is 6. The predicted octanol–water partition coefficient (Wildman–Crippen LogP) is 7.15. The lowest BCUT2D eigenvalue weighted by Gasteiger charge is -2.22. The molecule has 7 nitrogen and oxygen atoms in total. The Labute approximate surface area is 225 Å². The molecule has 1 heterocycles. The molecule has 38 heavy (non-hydrogen) atoms. The first-order valence-corrected chi connectivity index (χ1v) is 13.1. The minimum atomic E-state index is -0.315. The van der Waals surface area contributed by atoms with E-state index >= 15 is 0 Å². The van der Waals surface area contributed by atoms with E-state index in [4.69, 9.17) is 28.4 Å². The summed E-state index contributed by atoms with van der Waals surface area (Å²) in [5.74, 6) is 3.42. The summed E-state index contributed by atoms with van der Waals surface area (Å²) >= 11 is 0. The zero-order valence-corrected chi connectivity index (χ0v) is 23.3. The van der Waals surface area contributed by atoms with Crippen molar-refractivity contribution in [2.24, 2.45) is 0 Å². The van der Waals surface area contributed by atoms with Crippen LogP contribution in [0, 0.1) is 0 Å². The lowest BCUT2D eigenvalue weighted by molar-refractivity contribution is 0.191. The summed E-state index contributed by atoms with van der Waals surface area (Å²) in [6, 6.07) is 13.8. The van der Waals surface area contributed by atoms with Gasteiger partial charge in [0.1, 0.15) is 12.2 Å². The maximum absolute atomic E-state index is 10.4. The van der Waals surface area contributed by atoms with Gasteiger partial charge in [-0.2, -0.15) is 0 Å². The maximum Gasteiger partial charge on any atom is 0.200 e. The van der Waals surface area contributed by atoms with Crippen molar-refractivity contribution in [2.75, 3.05) is 28.4 Å². The summed E-state index contributed by atoms with van der Waals surface area (Å²) < 4.78 is 35.1. The van der Waals surface area contributed by atoms with Gasteiger partial charge in [-0.05, 0) is 60.4 Å². The molecular formula is C31H38O7. The van der Waals surface area contributed by atoms with Gasteiger partial charge >= 0.3 is 0 Å². The van der Waals surface area contributed by atoms with Gasteiger partial charge in [0.25, 0.3) is 0 Å². The van der Waals surface area contributed by atoms with Gasteiger partial charge in [-0.1, -0.05) is 33.3 Å². The number of phenolic OH excluding ortho intramolecular Hbond substituents is 1. The van der Waals surface area contributed by atoms with E-state index < -0.39 is 0 Å². The third-order valence-electron chi connectivity index (χ3n) is 7.12. The monoisotopic (exact) mass is 522 g/mol. The molecule has 3 unspecified atom stereocenters. The van der Waals surface area contributed by atoms with Crippen molar-refractivity contribution in [2.45, 2.75) is 58.2 Å². The van der Waals surface area contributed by atoms with Crippen molar-refractivity contribution < 1.29 is 33.5 Å². The minimum Gasteiger partial charge on any atom is -0.502 e. The SMILES string of the molecule is CCCc1ccc(OC(CC)c2cc(OC)c3c(c2)C(C)C(c2cc(OC)c(O)c(OC)c2)O3)c(OC)c1. The summed E-state index contributed by atoms with van der Waals surface area (Å²) in [6.45, 7) is 6.37. The Bertz CT molecular complexity index is 1240. The largest absolute Gasteiger partial charge is 0.502 e. The Morgan fingerprint density at radius 3 is 2.05 bits per heavy atom. The average molecular weight is 523 g/mol. The Balaban J connectivity index is 1.68. The van der Waals surface area contributed by atoms with Gasteiger partial charge < -0.3 is 33.5 Å². The van der Waals surface area contributed by atoms with Crippen LogP contribution in [0.2, 0.25) is 0 Å². The highest BCUT2D eigenvalue weighted by atomic mass is 16.5. The zero-order chi connectivity index (χ0) is 27.4. The van der Waals surface area contributed by atoms with Crippen molar-refractivity contribution in [3.8, 4) is 40.2 Å². The van der Waals surface area contributed by atoms with E-state index in [0.29, 0.717) is 28.7 Å². The molecule has 3 aromatic carbocycles. The van der Waals surface area contributed by atoms with Crippen LogP contribution in [-0.4, -0.2) is 33.5 Å². The molecule has 0 bridgehead atoms. The third-order valence-corrected chi connectivity index (χ3v) is 7.12. The van der Waals surface area contributed by atoms with Crippen LogP contribution in [-0.2, 0) is 6.42 Å². The number of aromatic hydroxyl groups is 1. The van der Waals surface area contributed by atoms with Gasteiger partial charge in [0.2, 0.25) is 5.75 Å². The van der Waals surface area contributed by atoms with Gasteiger partial charge in [0.05, 0.1) is 28.4 Å². The van der Waals surface area contributed by atoms with Crippen LogP contribution < -0.4 is 28.4 Å². The summed E-state index contributed by atoms with van der Waals surface area (Å²) in [7, 11) is 6.34. The van der Waals surface area contributed by atoms with Crippen molar-refractivity contribution in [3.63, 3.8) is 0 Å². The van der Waals surface area contributed by atoms with Crippen LogP contribution in [0.15, 0.2) is 42.5 Å². The van der Waals surface area contributed by atoms with Crippen LogP contribution in [0.4, 0.5) is 0 Å². The van der Waals surface area contributed by atoms with Crippen molar-refractivity contribution in [1.82, 2.24) is 0 Å². The first-order chi connectivity index (χ1) is 18.4. The molecule has 3 atom stereocenters. The second-order valence-electron chi connectivity index (χ2n) is 9.49. The van der Waals surface area contributed by atoms with Gasteiger partial charge in [-0.25, -0.2) is 0 Å². The Kier molecular flexibility index (Phi) is 8.45. The minimum absolute atomic E-state index is 0.00169. The second-order valence-corrected chi connectivity index (χ2v) is 9.49. The molecule has 0 aliphatic carbocycles. The smallest absolute Gasteiger partial charge is 0.200 e. The Hall–Kier alpha value is -3.74. The highest BCUT2D eigenvalue weighted by Crippen LogP contribution is 2.53. The number of hydrogen-bond acceptors (Lipinski definition) is 7. The van der Waals surface area contributed by atoms with Crippen molar-refractivity contribution >= 4 is 0 Å². The summed E-state index contributed by atoms with van der Waals surface area (Å²) in [4.78, 5) is 0. The van der Waals surface area contributed by atoms with Crippen LogP contribution in [0.1, 0.15) is 74.0 Å². The van der Waals surface area contributed by atoms with Crippen LogP contribution >= 0.6 is 0 Å². The molecule has 0 radical (unpaired) electrons. The number of aryl methyl sites for hydroxylation is 1. The highest BCUT2D eigenvalue weighted by Gasteiger charge is 2.37. The van der Waals surface area contributed by atoms with E-state index in [1.165, 1.54) is 19.8 Å². The molecule has 7 heteroatoms. The van der Waals surface area contributed by atoms with E-state index in [9.17, 15) is 5.11 Å². The molecular weight excluding hydrogens is 484 g/mol. The van der Waals surface area contributed by atoms with Gasteiger partial charge in [-0.15, -0.1) is 0 Å². The maximum atomic E-state index is 10.4. The molecule has 0 saturated carbocycles. The molecule has 204 valence electrons. The Morgan fingerprint density at radius 2 is 1.47 bits per heavy atom. The highest BCUT2D eigenvalue weighted by molar-refractivity contribution is 5.58. The van der Waals surface area contributed by atoms with E-state index in [-0.39, 0.29) is 23.9 Å². The lowest BCUT2D eigenvalue weighted by atomic mass is 9.90. The fraction of sp³-hybridized carbons (Fsp3) is 0.419. The normalized spacial score (nSPS) is 16.8. The number of hydrogen-bond donors (Lipinski definition) is 1. The number of phenols is 1. The van der Waals surface area contributed by atoms with Crippen LogP contribution in [0.25, 0.3) is 0 Å². The number of methoxy groups -OCH3 is 4. The molecule has 4 rings (SSSR count). The lowest BCUT2D eigenvalue weighted by Crippen LogP contribution is -2.09. The van der Waals surface area contributed by atoms with E-state index in [2.05, 4.69) is 39.0 Å². The molecule has 0 fully saturated rings. The quantitative estimate of drug-likeness (QED) is 0.287. The molecule has 0 amide bonds. The van der Waals surface area contributed by atoms with Gasteiger partial charge in [0, 0.05) is 17.0 Å². The topological polar surface area (TPSA) is 75.6 Å². The van der Waals surface area contributed by atoms with Crippen LogP contribution in [0.3, 0.4) is 0 Å². The van der Waals surface area contributed by atoms with E-state index in [1.807, 2.05) is 12.1 Å². The molecule has 0 saturated heterocycles. The van der Waals surface area contributed by atoms with Gasteiger partial charge in [-0.3, -0.25) is 0 Å². The number of fused-ring (bicyclic) bond motifs is 1. The standard InChI is InChI=1S/C31H38O7/c1-8-10-19-11-12-24(25(13-19)33-4)37-23(9-2)20-14-22-18(3)30(38-31(22)28(15-20)36-7)21-16-26(34-5)29(32)27(17-21)35-6/h11-18,23,30,32H,8-10H2,1-7H3. The van der Waals surface area contributed by atoms with Crippen molar-refractivity contribution in [3.05, 3.63) is 64.7 Å². The first-order valence-electron chi connectivity index (χ1n) is 13.1. The molecule has 3 aromatic rings. The molecule has 1 aliphatic rings. The molecule has 1 aliphatic heterocycles. The molecule has 0 spiro atoms. The average Bonchev–Trinajstić information content (AvgIpc) is 3.28. The van der Waals surface area contributed by atoms with E-state index in [1.54, 1.807) is 26.4 Å². The summed E-state index contributed by atoms with van der Waals surface area (Å²) in [5, 5.41) is 10.4. The predicted molar refractivity (Wildman–Crippen MR) is 147 cm³/mol. The fourth-order valence-electron chi connectivity index (χ4n) is 5.07. The van der Waals surface area contributed by atoms with Crippen molar-refractivity contribution in [1.29, 1.82) is 0 Å². The summed E-state index contributed by atoms with van der Waals surface area (Å²) in [6.07, 6.45) is 2.30. The van der Waals surface area contributed by atoms with E-state index in [0.717, 1.165) is 41.7 Å². The van der Waals surface area contributed by atoms with Crippen LogP contribution in [0.5, 0.6) is 40.2 Å². The van der Waals surface area contributed by atoms with Gasteiger partial charge in [0.15, 0.2) is 34.5 Å². The number of benzene rings is 3.